The van der Waals surface area contributed by atoms with E-state index in [1.165, 1.54) is 19.0 Å². The van der Waals surface area contributed by atoms with E-state index in [-0.39, 0.29) is 24.4 Å². The van der Waals surface area contributed by atoms with E-state index >= 15 is 0 Å². The number of amides is 1. The highest BCUT2D eigenvalue weighted by Gasteiger charge is 2.28. The Kier molecular flexibility index (Phi) is 4.80. The number of hydrogen-bond donors (Lipinski definition) is 2. The van der Waals surface area contributed by atoms with Gasteiger partial charge in [-0.15, -0.1) is 12.4 Å². The minimum Gasteiger partial charge on any atom is -0.350 e. The van der Waals surface area contributed by atoms with E-state index < -0.39 is 0 Å². The summed E-state index contributed by atoms with van der Waals surface area (Å²) in [6.45, 7) is 2.49. The van der Waals surface area contributed by atoms with Crippen LogP contribution in [0.2, 0.25) is 0 Å². The largest absolute Gasteiger partial charge is 0.350 e. The minimum atomic E-state index is -0.154. The molecule has 6 nitrogen and oxygen atoms in total. The van der Waals surface area contributed by atoms with Gasteiger partial charge in [-0.25, -0.2) is 4.98 Å². The molecule has 1 fully saturated rings. The van der Waals surface area contributed by atoms with Crippen LogP contribution in [0.4, 0.5) is 0 Å². The van der Waals surface area contributed by atoms with Gasteiger partial charge in [0.15, 0.2) is 0 Å². The molecule has 1 aliphatic rings. The van der Waals surface area contributed by atoms with Gasteiger partial charge in [0.2, 0.25) is 0 Å². The first-order valence-electron chi connectivity index (χ1n) is 6.97. The van der Waals surface area contributed by atoms with E-state index in [0.717, 1.165) is 17.5 Å². The summed E-state index contributed by atoms with van der Waals surface area (Å²) in [4.78, 5) is 16.2. The van der Waals surface area contributed by atoms with Gasteiger partial charge in [-0.05, 0) is 31.2 Å². The Balaban J connectivity index is 0.00000161. The molecular formula is C14H19ClN4O2. The van der Waals surface area contributed by atoms with E-state index in [9.17, 15) is 4.79 Å². The average Bonchev–Trinajstić information content (AvgIpc) is 3.24. The predicted octanol–water partition coefficient (Wildman–Crippen LogP) is 1.67. The molecule has 1 amide bonds. The van der Waals surface area contributed by atoms with E-state index in [4.69, 9.17) is 10.3 Å². The van der Waals surface area contributed by atoms with Crippen LogP contribution in [0.1, 0.15) is 35.8 Å². The maximum Gasteiger partial charge on any atom is 0.257 e. The Morgan fingerprint density at radius 3 is 3.00 bits per heavy atom. The number of pyridine rings is 1. The van der Waals surface area contributed by atoms with Gasteiger partial charge in [0.25, 0.3) is 11.6 Å². The Morgan fingerprint density at radius 2 is 2.33 bits per heavy atom. The fourth-order valence-electron chi connectivity index (χ4n) is 2.26. The number of rotatable bonds is 5. The molecule has 1 atom stereocenters. The smallest absolute Gasteiger partial charge is 0.257 e. The molecule has 0 saturated heterocycles. The molecular weight excluding hydrogens is 292 g/mol. The van der Waals surface area contributed by atoms with Crippen molar-refractivity contribution in [3.8, 4) is 0 Å². The summed E-state index contributed by atoms with van der Waals surface area (Å²) in [5.74, 6) is 0.416. The molecule has 1 saturated carbocycles. The summed E-state index contributed by atoms with van der Waals surface area (Å²) in [5, 5.41) is 7.59. The first kappa shape index (κ1) is 15.7. The van der Waals surface area contributed by atoms with Crippen LogP contribution in [0, 0.1) is 5.92 Å². The van der Waals surface area contributed by atoms with Crippen LogP contribution in [0.15, 0.2) is 16.8 Å². The monoisotopic (exact) mass is 310 g/mol. The second-order valence-electron chi connectivity index (χ2n) is 5.27. The summed E-state index contributed by atoms with van der Waals surface area (Å²) >= 11 is 0. The molecule has 0 bridgehead atoms. The van der Waals surface area contributed by atoms with Crippen molar-refractivity contribution in [2.45, 2.75) is 32.2 Å². The summed E-state index contributed by atoms with van der Waals surface area (Å²) in [7, 11) is 0. The summed E-state index contributed by atoms with van der Waals surface area (Å²) in [5.41, 5.74) is 7.76. The van der Waals surface area contributed by atoms with Crippen LogP contribution >= 0.6 is 12.4 Å². The Bertz CT molecular complexity index is 639. The number of halogens is 1. The van der Waals surface area contributed by atoms with Crippen LogP contribution in [0.5, 0.6) is 0 Å². The van der Waals surface area contributed by atoms with Gasteiger partial charge in [0.05, 0.1) is 16.6 Å². The van der Waals surface area contributed by atoms with Crippen molar-refractivity contribution in [1.82, 2.24) is 15.5 Å². The number of aryl methyl sites for hydroxylation is 1. The molecule has 0 spiro atoms. The quantitative estimate of drug-likeness (QED) is 0.876. The zero-order valence-corrected chi connectivity index (χ0v) is 12.7. The van der Waals surface area contributed by atoms with Crippen molar-refractivity contribution in [3.63, 3.8) is 0 Å². The highest BCUT2D eigenvalue weighted by molar-refractivity contribution is 5.97. The molecule has 0 radical (unpaired) electrons. The third-order valence-corrected chi connectivity index (χ3v) is 3.73. The molecule has 3 rings (SSSR count). The first-order valence-corrected chi connectivity index (χ1v) is 6.97. The zero-order valence-electron chi connectivity index (χ0n) is 11.8. The van der Waals surface area contributed by atoms with Crippen LogP contribution in [-0.2, 0) is 6.42 Å². The van der Waals surface area contributed by atoms with E-state index in [0.29, 0.717) is 23.7 Å². The lowest BCUT2D eigenvalue weighted by Gasteiger charge is -2.11. The van der Waals surface area contributed by atoms with Crippen LogP contribution < -0.4 is 11.1 Å². The lowest BCUT2D eigenvalue weighted by atomic mass is 10.1. The second kappa shape index (κ2) is 6.41. The van der Waals surface area contributed by atoms with Gasteiger partial charge in [-0.2, -0.15) is 0 Å². The van der Waals surface area contributed by atoms with Crippen molar-refractivity contribution in [1.29, 1.82) is 0 Å². The average molecular weight is 311 g/mol. The summed E-state index contributed by atoms with van der Waals surface area (Å²) < 4.78 is 5.10. The summed E-state index contributed by atoms with van der Waals surface area (Å²) in [6, 6.07) is 1.83. The first-order chi connectivity index (χ1) is 9.69. The highest BCUT2D eigenvalue weighted by atomic mass is 35.5. The molecule has 2 aromatic rings. The van der Waals surface area contributed by atoms with E-state index in [1.54, 1.807) is 6.07 Å². The Labute approximate surface area is 128 Å². The normalized spacial score (nSPS) is 15.5. The van der Waals surface area contributed by atoms with Crippen molar-refractivity contribution < 1.29 is 9.32 Å². The molecule has 0 aliphatic heterocycles. The third-order valence-electron chi connectivity index (χ3n) is 3.73. The Morgan fingerprint density at radius 1 is 1.57 bits per heavy atom. The van der Waals surface area contributed by atoms with Gasteiger partial charge >= 0.3 is 0 Å². The maximum absolute atomic E-state index is 12.1. The molecule has 114 valence electrons. The molecule has 3 N–H and O–H groups in total. The van der Waals surface area contributed by atoms with Gasteiger partial charge in [0.1, 0.15) is 0 Å². The molecule has 1 aliphatic carbocycles. The Hall–Kier alpha value is -1.66. The number of hydrogen-bond acceptors (Lipinski definition) is 5. The molecule has 0 aromatic carbocycles. The predicted molar refractivity (Wildman–Crippen MR) is 81.5 cm³/mol. The minimum absolute atomic E-state index is 0. The molecule has 2 aromatic heterocycles. The number of nitrogens with zero attached hydrogens (tertiary/aromatic N) is 2. The van der Waals surface area contributed by atoms with Gasteiger partial charge in [-0.1, -0.05) is 12.1 Å². The van der Waals surface area contributed by atoms with E-state index in [2.05, 4.69) is 15.5 Å². The van der Waals surface area contributed by atoms with E-state index in [1.807, 2.05) is 6.92 Å². The third kappa shape index (κ3) is 3.33. The number of carbonyl (C=O) groups excluding carboxylic acids is 1. The van der Waals surface area contributed by atoms with Crippen LogP contribution in [-0.4, -0.2) is 28.6 Å². The standard InChI is InChI=1S/C14H18N4O2.ClH/c1-2-12-10-5-9(6-17-14(10)20-18-12)13(19)16-7-11(15)8-3-4-8;/h5-6,8,11H,2-4,7,15H2,1H3,(H,16,19);1H. The van der Waals surface area contributed by atoms with Crippen molar-refractivity contribution in [2.24, 2.45) is 11.7 Å². The number of nitrogens with one attached hydrogen (secondary N) is 1. The number of aromatic nitrogens is 2. The van der Waals surface area contributed by atoms with Crippen molar-refractivity contribution in [3.05, 3.63) is 23.5 Å². The second-order valence-corrected chi connectivity index (χ2v) is 5.27. The molecule has 1 unspecified atom stereocenters. The number of carbonyl (C=O) groups is 1. The number of fused-ring (bicyclic) bond motifs is 1. The van der Waals surface area contributed by atoms with Crippen LogP contribution in [0.3, 0.4) is 0 Å². The summed E-state index contributed by atoms with van der Waals surface area (Å²) in [6.07, 6.45) is 4.59. The number of nitrogens with two attached hydrogens (primary N) is 1. The molecule has 7 heteroatoms. The molecule has 2 heterocycles. The van der Waals surface area contributed by atoms with Crippen LogP contribution in [0.25, 0.3) is 11.1 Å². The van der Waals surface area contributed by atoms with Gasteiger partial charge < -0.3 is 15.6 Å². The lowest BCUT2D eigenvalue weighted by molar-refractivity contribution is 0.0950. The van der Waals surface area contributed by atoms with Crippen molar-refractivity contribution in [2.75, 3.05) is 6.54 Å². The fraction of sp³-hybridized carbons (Fsp3) is 0.500. The van der Waals surface area contributed by atoms with Gasteiger partial charge in [0, 0.05) is 18.8 Å². The highest BCUT2D eigenvalue weighted by Crippen LogP contribution is 2.31. The lowest BCUT2D eigenvalue weighted by Crippen LogP contribution is -2.38. The van der Waals surface area contributed by atoms with Crippen molar-refractivity contribution >= 4 is 29.4 Å². The SMILES string of the molecule is CCc1noc2ncc(C(=O)NCC(N)C3CC3)cc12.Cl. The zero-order chi connectivity index (χ0) is 14.1. The maximum atomic E-state index is 12.1. The fourth-order valence-corrected chi connectivity index (χ4v) is 2.26. The molecule has 21 heavy (non-hydrogen) atoms. The van der Waals surface area contributed by atoms with Gasteiger partial charge in [-0.3, -0.25) is 4.79 Å². The topological polar surface area (TPSA) is 94.0 Å².